The summed E-state index contributed by atoms with van der Waals surface area (Å²) in [5.41, 5.74) is 1.20. The van der Waals surface area contributed by atoms with Crippen LogP contribution in [0, 0.1) is 11.3 Å². The van der Waals surface area contributed by atoms with E-state index in [-0.39, 0.29) is 24.5 Å². The quantitative estimate of drug-likeness (QED) is 0.857. The van der Waals surface area contributed by atoms with Crippen LogP contribution >= 0.6 is 0 Å². The number of nitrogens with zero attached hydrogens (tertiary/aromatic N) is 2. The standard InChI is InChI=1S/C16H20N2O3/c1-18(9-14(19)10-21-2)15(20)12-3-5-13(6-4-12)16(11-17)7-8-16/h3-6,14,19H,7-10H2,1-2H3. The van der Waals surface area contributed by atoms with Crippen LogP contribution in [0.15, 0.2) is 24.3 Å². The number of hydrogen-bond donors (Lipinski definition) is 1. The molecule has 1 aliphatic carbocycles. The van der Waals surface area contributed by atoms with Crippen molar-refractivity contribution in [1.82, 2.24) is 4.90 Å². The summed E-state index contributed by atoms with van der Waals surface area (Å²) in [6.07, 6.45) is 1.08. The smallest absolute Gasteiger partial charge is 0.253 e. The first-order valence-corrected chi connectivity index (χ1v) is 6.96. The fourth-order valence-electron chi connectivity index (χ4n) is 2.39. The molecule has 1 N–H and O–H groups in total. The highest BCUT2D eigenvalue weighted by Gasteiger charge is 2.44. The Morgan fingerprint density at radius 3 is 2.57 bits per heavy atom. The van der Waals surface area contributed by atoms with Crippen LogP contribution in [0.3, 0.4) is 0 Å². The van der Waals surface area contributed by atoms with Crippen molar-refractivity contribution >= 4 is 5.91 Å². The number of benzene rings is 1. The summed E-state index contributed by atoms with van der Waals surface area (Å²) >= 11 is 0. The maximum atomic E-state index is 12.2. The number of methoxy groups -OCH3 is 1. The molecule has 1 aliphatic rings. The Balaban J connectivity index is 2.01. The molecule has 0 spiro atoms. The number of carbonyl (C=O) groups excluding carboxylic acids is 1. The number of aliphatic hydroxyl groups is 1. The van der Waals surface area contributed by atoms with E-state index in [2.05, 4.69) is 6.07 Å². The molecule has 1 fully saturated rings. The molecule has 0 aromatic heterocycles. The van der Waals surface area contributed by atoms with Crippen LogP contribution in [0.5, 0.6) is 0 Å². The molecule has 0 aliphatic heterocycles. The van der Waals surface area contributed by atoms with Gasteiger partial charge in [-0.2, -0.15) is 5.26 Å². The van der Waals surface area contributed by atoms with Crippen LogP contribution in [0.1, 0.15) is 28.8 Å². The van der Waals surface area contributed by atoms with Gasteiger partial charge in [0.25, 0.3) is 5.91 Å². The van der Waals surface area contributed by atoms with Crippen molar-refractivity contribution in [3.63, 3.8) is 0 Å². The summed E-state index contributed by atoms with van der Waals surface area (Å²) in [5, 5.41) is 18.8. The molecular weight excluding hydrogens is 268 g/mol. The van der Waals surface area contributed by atoms with E-state index in [1.165, 1.54) is 12.0 Å². The van der Waals surface area contributed by atoms with Crippen LogP contribution in [0.25, 0.3) is 0 Å². The first-order valence-electron chi connectivity index (χ1n) is 6.96. The number of nitriles is 1. The fraction of sp³-hybridized carbons (Fsp3) is 0.500. The molecule has 1 atom stereocenters. The molecule has 5 heteroatoms. The number of aliphatic hydroxyl groups excluding tert-OH is 1. The third kappa shape index (κ3) is 3.41. The summed E-state index contributed by atoms with van der Waals surface area (Å²) in [6.45, 7) is 0.414. The van der Waals surface area contributed by atoms with E-state index in [1.54, 1.807) is 19.2 Å². The number of carbonyl (C=O) groups is 1. The largest absolute Gasteiger partial charge is 0.389 e. The van der Waals surface area contributed by atoms with Crippen LogP contribution < -0.4 is 0 Å². The van der Waals surface area contributed by atoms with E-state index in [0.717, 1.165) is 18.4 Å². The molecule has 2 rings (SSSR count). The molecule has 1 saturated carbocycles. The lowest BCUT2D eigenvalue weighted by atomic mass is 9.96. The van der Waals surface area contributed by atoms with Gasteiger partial charge in [0.2, 0.25) is 0 Å². The average Bonchev–Trinajstić information content (AvgIpc) is 3.28. The van der Waals surface area contributed by atoms with Crippen LogP contribution in [-0.2, 0) is 10.2 Å². The van der Waals surface area contributed by atoms with Gasteiger partial charge in [0.15, 0.2) is 0 Å². The van der Waals surface area contributed by atoms with Crippen molar-refractivity contribution in [3.05, 3.63) is 35.4 Å². The van der Waals surface area contributed by atoms with Crippen LogP contribution in [0.4, 0.5) is 0 Å². The zero-order chi connectivity index (χ0) is 15.5. The molecule has 1 aromatic carbocycles. The third-order valence-corrected chi connectivity index (χ3v) is 3.84. The number of amides is 1. The molecule has 21 heavy (non-hydrogen) atoms. The number of rotatable bonds is 6. The van der Waals surface area contributed by atoms with Crippen LogP contribution in [0.2, 0.25) is 0 Å². The Kier molecular flexibility index (Phi) is 4.61. The Labute approximate surface area is 124 Å². The van der Waals surface area contributed by atoms with E-state index >= 15 is 0 Å². The lowest BCUT2D eigenvalue weighted by Gasteiger charge is -2.20. The van der Waals surface area contributed by atoms with Crippen molar-refractivity contribution in [1.29, 1.82) is 5.26 Å². The zero-order valence-corrected chi connectivity index (χ0v) is 12.4. The minimum atomic E-state index is -0.698. The van der Waals surface area contributed by atoms with Gasteiger partial charge in [0, 0.05) is 26.3 Å². The van der Waals surface area contributed by atoms with Crippen molar-refractivity contribution in [2.75, 3.05) is 27.3 Å². The minimum absolute atomic E-state index is 0.154. The summed E-state index contributed by atoms with van der Waals surface area (Å²) in [7, 11) is 3.15. The van der Waals surface area contributed by atoms with Gasteiger partial charge in [0.1, 0.15) is 0 Å². The first kappa shape index (κ1) is 15.5. The number of likely N-dealkylation sites (N-methyl/N-ethyl adjacent to an activating group) is 1. The van der Waals surface area contributed by atoms with Crippen molar-refractivity contribution in [3.8, 4) is 6.07 Å². The van der Waals surface area contributed by atoms with Gasteiger partial charge in [0.05, 0.1) is 24.2 Å². The van der Waals surface area contributed by atoms with Gasteiger partial charge in [-0.1, -0.05) is 12.1 Å². The molecule has 1 amide bonds. The second kappa shape index (κ2) is 6.25. The van der Waals surface area contributed by atoms with Crippen LogP contribution in [-0.4, -0.2) is 49.3 Å². The summed E-state index contributed by atoms with van der Waals surface area (Å²) in [6, 6.07) is 9.53. The van der Waals surface area contributed by atoms with E-state index in [9.17, 15) is 9.90 Å². The molecule has 0 saturated heterocycles. The highest BCUT2D eigenvalue weighted by atomic mass is 16.5. The second-order valence-electron chi connectivity index (χ2n) is 5.57. The van der Waals surface area contributed by atoms with Gasteiger partial charge >= 0.3 is 0 Å². The Hall–Kier alpha value is -1.90. The first-order chi connectivity index (χ1) is 10.0. The number of hydrogen-bond acceptors (Lipinski definition) is 4. The minimum Gasteiger partial charge on any atom is -0.389 e. The maximum absolute atomic E-state index is 12.2. The molecule has 112 valence electrons. The molecule has 5 nitrogen and oxygen atoms in total. The lowest BCUT2D eigenvalue weighted by molar-refractivity contribution is 0.0380. The van der Waals surface area contributed by atoms with Gasteiger partial charge < -0.3 is 14.7 Å². The second-order valence-corrected chi connectivity index (χ2v) is 5.57. The predicted molar refractivity (Wildman–Crippen MR) is 77.8 cm³/mol. The zero-order valence-electron chi connectivity index (χ0n) is 12.4. The van der Waals surface area contributed by atoms with Gasteiger partial charge in [-0.25, -0.2) is 0 Å². The van der Waals surface area contributed by atoms with E-state index in [1.807, 2.05) is 12.1 Å². The molecule has 0 bridgehead atoms. The van der Waals surface area contributed by atoms with E-state index in [4.69, 9.17) is 10.00 Å². The van der Waals surface area contributed by atoms with Crippen molar-refractivity contribution in [2.24, 2.45) is 0 Å². The fourth-order valence-corrected chi connectivity index (χ4v) is 2.39. The van der Waals surface area contributed by atoms with Crippen molar-refractivity contribution < 1.29 is 14.6 Å². The molecule has 0 heterocycles. The normalized spacial score (nSPS) is 16.9. The molecule has 0 radical (unpaired) electrons. The predicted octanol–water partition coefficient (Wildman–Crippen LogP) is 1.32. The Morgan fingerprint density at radius 2 is 2.10 bits per heavy atom. The summed E-state index contributed by atoms with van der Waals surface area (Å²) in [4.78, 5) is 13.7. The highest BCUT2D eigenvalue weighted by molar-refractivity contribution is 5.94. The lowest BCUT2D eigenvalue weighted by Crippen LogP contribution is -2.36. The van der Waals surface area contributed by atoms with Crippen molar-refractivity contribution in [2.45, 2.75) is 24.4 Å². The topological polar surface area (TPSA) is 73.6 Å². The average molecular weight is 288 g/mol. The molecule has 1 aromatic rings. The summed E-state index contributed by atoms with van der Waals surface area (Å²) in [5.74, 6) is -0.154. The Bertz CT molecular complexity index is 544. The van der Waals surface area contributed by atoms with E-state index in [0.29, 0.717) is 5.56 Å². The van der Waals surface area contributed by atoms with E-state index < -0.39 is 6.10 Å². The highest BCUT2D eigenvalue weighted by Crippen LogP contribution is 2.47. The van der Waals surface area contributed by atoms with Gasteiger partial charge in [-0.05, 0) is 30.5 Å². The van der Waals surface area contributed by atoms with Gasteiger partial charge in [-0.3, -0.25) is 4.79 Å². The monoisotopic (exact) mass is 288 g/mol. The summed E-state index contributed by atoms with van der Waals surface area (Å²) < 4.78 is 4.84. The molecule has 1 unspecified atom stereocenters. The third-order valence-electron chi connectivity index (χ3n) is 3.84. The van der Waals surface area contributed by atoms with Gasteiger partial charge in [-0.15, -0.1) is 0 Å². The number of ether oxygens (including phenoxy) is 1. The SMILES string of the molecule is COCC(O)CN(C)C(=O)c1ccc(C2(C#N)CC2)cc1. The Morgan fingerprint density at radius 1 is 1.48 bits per heavy atom. The maximum Gasteiger partial charge on any atom is 0.253 e. The molecular formula is C16H20N2O3.